The van der Waals surface area contributed by atoms with Crippen LogP contribution >= 0.6 is 11.3 Å². The van der Waals surface area contributed by atoms with Gasteiger partial charge in [-0.05, 0) is 17.9 Å². The second-order valence-electron chi connectivity index (χ2n) is 4.90. The van der Waals surface area contributed by atoms with Crippen molar-refractivity contribution in [3.8, 4) is 0 Å². The zero-order valence-electron chi connectivity index (χ0n) is 11.4. The number of rotatable bonds is 6. The van der Waals surface area contributed by atoms with Gasteiger partial charge in [0.1, 0.15) is 6.23 Å². The van der Waals surface area contributed by atoms with Gasteiger partial charge in [0.15, 0.2) is 0 Å². The molecule has 4 N–H and O–H groups in total. The average molecular weight is 311 g/mol. The third-order valence-electron chi connectivity index (χ3n) is 3.16. The topological polar surface area (TPSA) is 99.0 Å². The predicted octanol–water partition coefficient (Wildman–Crippen LogP) is 0.407. The highest BCUT2D eigenvalue weighted by Gasteiger charge is 2.32. The first kappa shape index (κ1) is 16.2. The number of carboxylic acids is 1. The quantitative estimate of drug-likeness (QED) is 0.345. The fourth-order valence-corrected chi connectivity index (χ4v) is 2.92. The summed E-state index contributed by atoms with van der Waals surface area (Å²) in [6.45, 7) is 0. The minimum atomic E-state index is -1.16. The number of aliphatic carboxylic acids is 1. The Morgan fingerprint density at radius 2 is 2.43 bits per heavy atom. The molecule has 1 aliphatic rings. The molecule has 8 heteroatoms. The Morgan fingerprint density at radius 3 is 3.10 bits per heavy atom. The van der Waals surface area contributed by atoms with Crippen LogP contribution in [-0.4, -0.2) is 46.6 Å². The number of hydrogen-bond donors (Lipinski definition) is 4. The van der Waals surface area contributed by atoms with E-state index in [4.69, 9.17) is 9.76 Å². The fourth-order valence-electron chi connectivity index (χ4n) is 2.18. The van der Waals surface area contributed by atoms with Gasteiger partial charge in [0.05, 0.1) is 12.5 Å². The standard InChI is InChI=1S/C13H18BNO5S/c16-12(8-10-4-2-6-21-10)15-11-5-1-3-9(7-13(17)18)20-14(11)19/h1-4,6,9,11-12,15-16,19H,5,7-8H2,(H,17,18)/t9-,11+,12?/m1/s1. The molecule has 2 rings (SSSR count). The highest BCUT2D eigenvalue weighted by molar-refractivity contribution is 7.09. The van der Waals surface area contributed by atoms with Crippen LogP contribution in [0.15, 0.2) is 29.7 Å². The lowest BCUT2D eigenvalue weighted by Crippen LogP contribution is -2.50. The van der Waals surface area contributed by atoms with Crippen molar-refractivity contribution in [3.63, 3.8) is 0 Å². The Morgan fingerprint density at radius 1 is 1.62 bits per heavy atom. The summed E-state index contributed by atoms with van der Waals surface area (Å²) in [5.74, 6) is -1.46. The van der Waals surface area contributed by atoms with E-state index in [-0.39, 0.29) is 6.42 Å². The number of hydrogen-bond acceptors (Lipinski definition) is 6. The van der Waals surface area contributed by atoms with E-state index in [9.17, 15) is 14.9 Å². The summed E-state index contributed by atoms with van der Waals surface area (Å²) in [6, 6.07) is 3.84. The number of carboxylic acid groups (broad SMARTS) is 1. The van der Waals surface area contributed by atoms with E-state index in [0.29, 0.717) is 12.8 Å². The maximum atomic E-state index is 10.7. The first-order valence-corrected chi connectivity index (χ1v) is 7.61. The van der Waals surface area contributed by atoms with E-state index < -0.39 is 31.4 Å². The molecule has 114 valence electrons. The van der Waals surface area contributed by atoms with Crippen LogP contribution < -0.4 is 5.32 Å². The molecule has 21 heavy (non-hydrogen) atoms. The Balaban J connectivity index is 1.86. The fraction of sp³-hybridized carbons (Fsp3) is 0.462. The molecule has 0 bridgehead atoms. The number of aliphatic hydroxyl groups is 1. The van der Waals surface area contributed by atoms with E-state index in [2.05, 4.69) is 5.32 Å². The van der Waals surface area contributed by atoms with Gasteiger partial charge in [-0.3, -0.25) is 10.1 Å². The van der Waals surface area contributed by atoms with Crippen LogP contribution in [0.1, 0.15) is 17.7 Å². The van der Waals surface area contributed by atoms with Crippen LogP contribution in [0.2, 0.25) is 0 Å². The van der Waals surface area contributed by atoms with Gasteiger partial charge in [-0.15, -0.1) is 11.3 Å². The molecule has 0 spiro atoms. The number of aliphatic hydroxyl groups excluding tert-OH is 1. The minimum Gasteiger partial charge on any atom is -0.481 e. The Hall–Kier alpha value is -1.19. The summed E-state index contributed by atoms with van der Waals surface area (Å²) in [5.41, 5.74) is 0. The van der Waals surface area contributed by atoms with E-state index in [1.165, 1.54) is 0 Å². The van der Waals surface area contributed by atoms with E-state index in [1.54, 1.807) is 23.5 Å². The van der Waals surface area contributed by atoms with Gasteiger partial charge in [-0.2, -0.15) is 0 Å². The molecule has 0 saturated carbocycles. The molecule has 2 heterocycles. The van der Waals surface area contributed by atoms with Gasteiger partial charge in [0, 0.05) is 17.2 Å². The van der Waals surface area contributed by atoms with Crippen molar-refractivity contribution < 1.29 is 24.7 Å². The van der Waals surface area contributed by atoms with E-state index in [0.717, 1.165) is 4.88 Å². The molecule has 0 aromatic carbocycles. The van der Waals surface area contributed by atoms with Crippen LogP contribution in [-0.2, 0) is 15.9 Å². The Kier molecular flexibility index (Phi) is 5.95. The molecular weight excluding hydrogens is 293 g/mol. The smallest absolute Gasteiger partial charge is 0.473 e. The van der Waals surface area contributed by atoms with Gasteiger partial charge in [-0.25, -0.2) is 0 Å². The van der Waals surface area contributed by atoms with Gasteiger partial charge < -0.3 is 19.9 Å². The summed E-state index contributed by atoms with van der Waals surface area (Å²) >= 11 is 1.55. The number of carbonyl (C=O) groups is 1. The molecule has 1 aromatic rings. The number of thiophene rings is 1. The highest BCUT2D eigenvalue weighted by atomic mass is 32.1. The maximum Gasteiger partial charge on any atom is 0.473 e. The lowest BCUT2D eigenvalue weighted by Gasteiger charge is -2.23. The summed E-state index contributed by atoms with van der Waals surface area (Å²) < 4.78 is 5.29. The van der Waals surface area contributed by atoms with Gasteiger partial charge in [0.2, 0.25) is 0 Å². The number of nitrogens with one attached hydrogen (secondary N) is 1. The first-order valence-electron chi connectivity index (χ1n) is 6.73. The third kappa shape index (κ3) is 5.26. The molecule has 1 unspecified atom stereocenters. The molecule has 0 amide bonds. The molecule has 0 radical (unpaired) electrons. The van der Waals surface area contributed by atoms with Crippen LogP contribution in [0.4, 0.5) is 0 Å². The van der Waals surface area contributed by atoms with Crippen molar-refractivity contribution in [2.75, 3.05) is 0 Å². The Labute approximate surface area is 127 Å². The van der Waals surface area contributed by atoms with Crippen LogP contribution in [0.5, 0.6) is 0 Å². The first-order chi connectivity index (χ1) is 10.0. The highest BCUT2D eigenvalue weighted by Crippen LogP contribution is 2.14. The molecule has 3 atom stereocenters. The largest absolute Gasteiger partial charge is 0.481 e. The van der Waals surface area contributed by atoms with Gasteiger partial charge in [0.25, 0.3) is 0 Å². The van der Waals surface area contributed by atoms with Gasteiger partial charge >= 0.3 is 13.1 Å². The second-order valence-corrected chi connectivity index (χ2v) is 5.93. The molecule has 1 aliphatic heterocycles. The van der Waals surface area contributed by atoms with Gasteiger partial charge in [-0.1, -0.05) is 18.2 Å². The molecular formula is C13H18BNO5S. The van der Waals surface area contributed by atoms with Crippen LogP contribution in [0, 0.1) is 0 Å². The summed E-state index contributed by atoms with van der Waals surface area (Å²) in [6.07, 6.45) is 2.65. The normalized spacial score (nSPS) is 23.8. The van der Waals surface area contributed by atoms with Crippen LogP contribution in [0.25, 0.3) is 0 Å². The van der Waals surface area contributed by atoms with Crippen molar-refractivity contribution in [2.24, 2.45) is 0 Å². The lowest BCUT2D eigenvalue weighted by molar-refractivity contribution is -0.138. The summed E-state index contributed by atoms with van der Waals surface area (Å²) in [5, 5.41) is 33.6. The molecule has 1 aromatic heterocycles. The van der Waals surface area contributed by atoms with E-state index in [1.807, 2.05) is 17.5 Å². The van der Waals surface area contributed by atoms with E-state index >= 15 is 0 Å². The predicted molar refractivity (Wildman–Crippen MR) is 79.8 cm³/mol. The minimum absolute atomic E-state index is 0.196. The zero-order chi connectivity index (χ0) is 15.2. The second kappa shape index (κ2) is 7.72. The molecule has 6 nitrogen and oxygen atoms in total. The van der Waals surface area contributed by atoms with Crippen molar-refractivity contribution in [1.82, 2.24) is 5.32 Å². The zero-order valence-corrected chi connectivity index (χ0v) is 12.2. The third-order valence-corrected chi connectivity index (χ3v) is 4.05. The molecule has 0 fully saturated rings. The van der Waals surface area contributed by atoms with Crippen LogP contribution in [0.3, 0.4) is 0 Å². The average Bonchev–Trinajstić information content (AvgIpc) is 2.83. The lowest BCUT2D eigenvalue weighted by atomic mass is 9.77. The van der Waals surface area contributed by atoms with Crippen molar-refractivity contribution in [1.29, 1.82) is 0 Å². The Bertz CT molecular complexity index is 481. The molecule has 0 saturated heterocycles. The molecule has 0 aliphatic carbocycles. The maximum absolute atomic E-state index is 10.7. The SMILES string of the molecule is O=C(O)C[C@H]1C=CC[C@H](NC(O)Cc2cccs2)B(O)O1. The monoisotopic (exact) mass is 311 g/mol. The summed E-state index contributed by atoms with van der Waals surface area (Å²) in [7, 11) is -1.16. The van der Waals surface area contributed by atoms with Crippen molar-refractivity contribution >= 4 is 24.4 Å². The van der Waals surface area contributed by atoms with Crippen molar-refractivity contribution in [2.45, 2.75) is 37.5 Å². The van der Waals surface area contributed by atoms with Crippen molar-refractivity contribution in [3.05, 3.63) is 34.5 Å². The summed E-state index contributed by atoms with van der Waals surface area (Å²) in [4.78, 5) is 11.7.